The minimum atomic E-state index is -0.806. The van der Waals surface area contributed by atoms with Crippen molar-refractivity contribution in [3.8, 4) is 0 Å². The molecule has 16 heavy (non-hydrogen) atoms. The van der Waals surface area contributed by atoms with Crippen molar-refractivity contribution in [2.45, 2.75) is 60.6 Å². The predicted molar refractivity (Wildman–Crippen MR) is 68.4 cm³/mol. The van der Waals surface area contributed by atoms with Crippen LogP contribution >= 0.6 is 0 Å². The smallest absolute Gasteiger partial charge is 0.303 e. The Balaban J connectivity index is -0.000000845. The molecule has 3 N–H and O–H groups in total. The molecule has 0 aliphatic rings. The molecule has 2 unspecified atom stereocenters. The molecular formula is C12H29NO3. The molecule has 2 atom stereocenters. The molecule has 0 radical (unpaired) electrons. The predicted octanol–water partition coefficient (Wildman–Crippen LogP) is 2.47. The van der Waals surface area contributed by atoms with Gasteiger partial charge in [-0.2, -0.15) is 0 Å². The van der Waals surface area contributed by atoms with Crippen molar-refractivity contribution in [1.82, 2.24) is 5.32 Å². The maximum atomic E-state index is 10.2. The minimum absolute atomic E-state index is 0. The van der Waals surface area contributed by atoms with Crippen molar-refractivity contribution in [2.24, 2.45) is 5.92 Å². The van der Waals surface area contributed by atoms with Crippen molar-refractivity contribution < 1.29 is 15.0 Å². The Morgan fingerprint density at radius 1 is 1.38 bits per heavy atom. The first-order valence-corrected chi connectivity index (χ1v) is 5.19. The van der Waals surface area contributed by atoms with E-state index in [0.29, 0.717) is 18.8 Å². The molecule has 0 spiro atoms. The molecule has 100 valence electrons. The second-order valence-corrected chi connectivity index (χ2v) is 3.72. The Labute approximate surface area is 100 Å². The Hall–Kier alpha value is -0.610. The largest absolute Gasteiger partial charge is 0.481 e. The molecule has 0 bridgehead atoms. The van der Waals surface area contributed by atoms with E-state index < -0.39 is 12.2 Å². The van der Waals surface area contributed by atoms with Gasteiger partial charge in [0.15, 0.2) is 0 Å². The van der Waals surface area contributed by atoms with Gasteiger partial charge in [-0.15, -0.1) is 0 Å². The van der Waals surface area contributed by atoms with Gasteiger partial charge >= 0.3 is 5.97 Å². The number of carboxylic acid groups (broad SMARTS) is 1. The highest BCUT2D eigenvalue weighted by atomic mass is 16.4. The normalized spacial score (nSPS) is 13.2. The van der Waals surface area contributed by atoms with Crippen molar-refractivity contribution >= 4 is 5.97 Å². The molecule has 0 saturated carbocycles. The molecule has 0 amide bonds. The number of aliphatic hydroxyl groups is 1. The molecule has 0 rings (SSSR count). The molecule has 0 heterocycles. The third kappa shape index (κ3) is 13.4. The average Bonchev–Trinajstić information content (AvgIpc) is 2.13. The molecule has 0 fully saturated rings. The maximum Gasteiger partial charge on any atom is 0.303 e. The van der Waals surface area contributed by atoms with E-state index in [-0.39, 0.29) is 21.3 Å². The van der Waals surface area contributed by atoms with Crippen molar-refractivity contribution in [3.63, 3.8) is 0 Å². The SMILES string of the molecule is C.C.CCC(C)CNC(O)CCCC(=O)O. The van der Waals surface area contributed by atoms with Crippen LogP contribution in [0, 0.1) is 5.92 Å². The van der Waals surface area contributed by atoms with Crippen LogP contribution in [0.3, 0.4) is 0 Å². The van der Waals surface area contributed by atoms with Crippen molar-refractivity contribution in [1.29, 1.82) is 0 Å². The third-order valence-corrected chi connectivity index (χ3v) is 2.27. The Bertz CT molecular complexity index is 162. The molecule has 0 aliphatic carbocycles. The number of aliphatic hydroxyl groups excluding tert-OH is 1. The van der Waals surface area contributed by atoms with Crippen molar-refractivity contribution in [3.05, 3.63) is 0 Å². The highest BCUT2D eigenvalue weighted by molar-refractivity contribution is 5.66. The maximum absolute atomic E-state index is 10.2. The topological polar surface area (TPSA) is 69.6 Å². The molecule has 0 aromatic rings. The first kappa shape index (κ1) is 20.8. The summed E-state index contributed by atoms with van der Waals surface area (Å²) in [6.45, 7) is 4.99. The van der Waals surface area contributed by atoms with Crippen molar-refractivity contribution in [2.75, 3.05) is 6.54 Å². The van der Waals surface area contributed by atoms with E-state index in [0.717, 1.165) is 13.0 Å². The first-order valence-electron chi connectivity index (χ1n) is 5.19. The third-order valence-electron chi connectivity index (χ3n) is 2.27. The van der Waals surface area contributed by atoms with E-state index in [1.54, 1.807) is 0 Å². The Morgan fingerprint density at radius 2 is 1.94 bits per heavy atom. The summed E-state index contributed by atoms with van der Waals surface area (Å²) in [4.78, 5) is 10.2. The minimum Gasteiger partial charge on any atom is -0.481 e. The van der Waals surface area contributed by atoms with Gasteiger partial charge < -0.3 is 10.2 Å². The Kier molecular flexibility index (Phi) is 16.2. The highest BCUT2D eigenvalue weighted by Gasteiger charge is 2.06. The van der Waals surface area contributed by atoms with E-state index in [2.05, 4.69) is 19.2 Å². The van der Waals surface area contributed by atoms with Gasteiger partial charge in [-0.3, -0.25) is 10.1 Å². The van der Waals surface area contributed by atoms with Crippen LogP contribution in [0.15, 0.2) is 0 Å². The van der Waals surface area contributed by atoms with E-state index in [9.17, 15) is 9.90 Å². The zero-order valence-corrected chi connectivity index (χ0v) is 8.99. The zero-order chi connectivity index (χ0) is 11.0. The number of carbonyl (C=O) groups is 1. The van der Waals surface area contributed by atoms with Crippen LogP contribution in [0.1, 0.15) is 54.4 Å². The van der Waals surface area contributed by atoms with E-state index in [4.69, 9.17) is 5.11 Å². The van der Waals surface area contributed by atoms with Gasteiger partial charge in [0.2, 0.25) is 0 Å². The first-order chi connectivity index (χ1) is 6.56. The summed E-state index contributed by atoms with van der Waals surface area (Å²) in [7, 11) is 0. The fourth-order valence-electron chi connectivity index (χ4n) is 1.03. The van der Waals surface area contributed by atoms with Crippen LogP contribution in [0.25, 0.3) is 0 Å². The van der Waals surface area contributed by atoms with E-state index in [1.165, 1.54) is 0 Å². The fourth-order valence-corrected chi connectivity index (χ4v) is 1.03. The summed E-state index contributed by atoms with van der Waals surface area (Å²) in [6, 6.07) is 0. The summed E-state index contributed by atoms with van der Waals surface area (Å²) in [5.74, 6) is -0.261. The van der Waals surface area contributed by atoms with Gasteiger partial charge in [0.05, 0.1) is 0 Å². The Morgan fingerprint density at radius 3 is 2.38 bits per heavy atom. The lowest BCUT2D eigenvalue weighted by atomic mass is 10.1. The monoisotopic (exact) mass is 235 g/mol. The molecule has 0 aromatic heterocycles. The zero-order valence-electron chi connectivity index (χ0n) is 8.99. The van der Waals surface area contributed by atoms with Gasteiger partial charge in [-0.05, 0) is 18.8 Å². The van der Waals surface area contributed by atoms with Gasteiger partial charge in [0, 0.05) is 13.0 Å². The number of rotatable bonds is 8. The van der Waals surface area contributed by atoms with Crippen LogP contribution in [-0.4, -0.2) is 29.0 Å². The van der Waals surface area contributed by atoms with Crippen LogP contribution in [0.4, 0.5) is 0 Å². The lowest BCUT2D eigenvalue weighted by molar-refractivity contribution is -0.137. The summed E-state index contributed by atoms with van der Waals surface area (Å²) >= 11 is 0. The van der Waals surface area contributed by atoms with Gasteiger partial charge in [-0.25, -0.2) is 0 Å². The molecule has 0 aliphatic heterocycles. The average molecular weight is 235 g/mol. The molecule has 0 aromatic carbocycles. The lowest BCUT2D eigenvalue weighted by Crippen LogP contribution is -2.32. The standard InChI is InChI=1S/C10H21NO3.2CH4/c1-3-8(2)7-11-9(12)5-4-6-10(13)14;;/h8-9,11-12H,3-7H2,1-2H3,(H,13,14);2*1H4. The number of aliphatic carboxylic acids is 1. The van der Waals surface area contributed by atoms with Crippen LogP contribution in [-0.2, 0) is 4.79 Å². The molecular weight excluding hydrogens is 206 g/mol. The van der Waals surface area contributed by atoms with E-state index >= 15 is 0 Å². The van der Waals surface area contributed by atoms with Gasteiger partial charge in [0.25, 0.3) is 0 Å². The number of nitrogens with one attached hydrogen (secondary N) is 1. The second kappa shape index (κ2) is 12.5. The summed E-state index contributed by atoms with van der Waals surface area (Å²) < 4.78 is 0. The second-order valence-electron chi connectivity index (χ2n) is 3.72. The van der Waals surface area contributed by atoms with E-state index in [1.807, 2.05) is 0 Å². The molecule has 0 saturated heterocycles. The van der Waals surface area contributed by atoms with Gasteiger partial charge in [-0.1, -0.05) is 35.1 Å². The summed E-state index contributed by atoms with van der Waals surface area (Å²) in [5.41, 5.74) is 0. The fraction of sp³-hybridized carbons (Fsp3) is 0.917. The number of hydrogen-bond acceptors (Lipinski definition) is 3. The van der Waals surface area contributed by atoms with Crippen LogP contribution < -0.4 is 5.32 Å². The van der Waals surface area contributed by atoms with Crippen LogP contribution in [0.5, 0.6) is 0 Å². The highest BCUT2D eigenvalue weighted by Crippen LogP contribution is 2.01. The molecule has 4 nitrogen and oxygen atoms in total. The summed E-state index contributed by atoms with van der Waals surface area (Å²) in [5, 5.41) is 20.8. The summed E-state index contributed by atoms with van der Waals surface area (Å²) in [6.07, 6.45) is 1.66. The number of hydrogen-bond donors (Lipinski definition) is 3. The molecule has 4 heteroatoms. The lowest BCUT2D eigenvalue weighted by Gasteiger charge is -2.15. The quantitative estimate of drug-likeness (QED) is 0.565. The van der Waals surface area contributed by atoms with Gasteiger partial charge in [0.1, 0.15) is 6.23 Å². The number of carboxylic acids is 1. The van der Waals surface area contributed by atoms with Crippen LogP contribution in [0.2, 0.25) is 0 Å².